The molecular formula is C16H18N2O3. The van der Waals surface area contributed by atoms with Crippen LogP contribution in [0.2, 0.25) is 0 Å². The molecule has 0 aliphatic carbocycles. The van der Waals surface area contributed by atoms with Gasteiger partial charge in [0.2, 0.25) is 0 Å². The van der Waals surface area contributed by atoms with Crippen LogP contribution in [0.3, 0.4) is 0 Å². The van der Waals surface area contributed by atoms with Crippen LogP contribution in [0, 0.1) is 10.1 Å². The molecule has 110 valence electrons. The van der Waals surface area contributed by atoms with Crippen molar-refractivity contribution in [3.63, 3.8) is 0 Å². The third kappa shape index (κ3) is 4.37. The molecule has 0 saturated heterocycles. The minimum Gasteiger partial charge on any atom is -0.392 e. The molecule has 0 heterocycles. The van der Waals surface area contributed by atoms with Crippen molar-refractivity contribution in [1.29, 1.82) is 0 Å². The Morgan fingerprint density at radius 3 is 2.38 bits per heavy atom. The molecule has 2 rings (SSSR count). The van der Waals surface area contributed by atoms with Crippen LogP contribution in [-0.2, 0) is 19.6 Å². The minimum atomic E-state index is -0.344. The molecule has 5 heteroatoms. The summed E-state index contributed by atoms with van der Waals surface area (Å²) in [6, 6.07) is 14.5. The summed E-state index contributed by atoms with van der Waals surface area (Å²) in [4.78, 5) is 10.6. The number of rotatable bonds is 7. The maximum Gasteiger partial charge on any atom is 0.272 e. The highest BCUT2D eigenvalue weighted by Crippen LogP contribution is 2.17. The number of nitro groups is 1. The Balaban J connectivity index is 1.83. The van der Waals surface area contributed by atoms with Gasteiger partial charge in [-0.05, 0) is 24.1 Å². The summed E-state index contributed by atoms with van der Waals surface area (Å²) in [6.07, 6.45) is 0.617. The van der Waals surface area contributed by atoms with Crippen LogP contribution in [0.1, 0.15) is 16.7 Å². The monoisotopic (exact) mass is 286 g/mol. The molecule has 0 aliphatic heterocycles. The number of hydrogen-bond donors (Lipinski definition) is 2. The van der Waals surface area contributed by atoms with Gasteiger partial charge in [0.05, 0.1) is 11.5 Å². The lowest BCUT2D eigenvalue weighted by Crippen LogP contribution is -2.17. The molecule has 0 spiro atoms. The largest absolute Gasteiger partial charge is 0.392 e. The second-order valence-electron chi connectivity index (χ2n) is 4.79. The molecule has 0 fully saturated rings. The van der Waals surface area contributed by atoms with Gasteiger partial charge in [0.25, 0.3) is 5.69 Å². The highest BCUT2D eigenvalue weighted by atomic mass is 16.6. The fourth-order valence-electron chi connectivity index (χ4n) is 2.12. The van der Waals surface area contributed by atoms with E-state index in [1.54, 1.807) is 12.1 Å². The smallest absolute Gasteiger partial charge is 0.272 e. The molecule has 2 aromatic carbocycles. The molecule has 0 unspecified atom stereocenters. The Bertz CT molecular complexity index is 597. The summed E-state index contributed by atoms with van der Waals surface area (Å²) in [5, 5.41) is 23.1. The first-order chi connectivity index (χ1) is 10.2. The Kier molecular flexibility index (Phi) is 5.43. The van der Waals surface area contributed by atoms with Gasteiger partial charge >= 0.3 is 0 Å². The first-order valence-electron chi connectivity index (χ1n) is 6.82. The molecule has 0 aromatic heterocycles. The predicted molar refractivity (Wildman–Crippen MR) is 80.9 cm³/mol. The predicted octanol–water partition coefficient (Wildman–Crippen LogP) is 2.42. The van der Waals surface area contributed by atoms with Crippen LogP contribution in [-0.4, -0.2) is 16.6 Å². The molecule has 0 saturated carbocycles. The van der Waals surface area contributed by atoms with Crippen molar-refractivity contribution in [1.82, 2.24) is 5.32 Å². The van der Waals surface area contributed by atoms with Crippen LogP contribution in [0.25, 0.3) is 0 Å². The third-order valence-electron chi connectivity index (χ3n) is 3.29. The van der Waals surface area contributed by atoms with E-state index in [1.807, 2.05) is 30.3 Å². The van der Waals surface area contributed by atoms with Gasteiger partial charge in [0.15, 0.2) is 0 Å². The Morgan fingerprint density at radius 2 is 1.71 bits per heavy atom. The van der Waals surface area contributed by atoms with Gasteiger partial charge in [0.1, 0.15) is 0 Å². The zero-order valence-electron chi connectivity index (χ0n) is 11.7. The molecule has 0 radical (unpaired) electrons. The lowest BCUT2D eigenvalue weighted by atomic mass is 10.1. The van der Waals surface area contributed by atoms with Gasteiger partial charge in [-0.1, -0.05) is 42.5 Å². The van der Waals surface area contributed by atoms with E-state index in [9.17, 15) is 10.1 Å². The number of nitro benzene ring substituents is 1. The van der Waals surface area contributed by atoms with Crippen LogP contribution in [0.4, 0.5) is 5.69 Å². The molecular weight excluding hydrogens is 268 g/mol. The van der Waals surface area contributed by atoms with Gasteiger partial charge in [-0.15, -0.1) is 0 Å². The number of hydrogen-bond acceptors (Lipinski definition) is 4. The Labute approximate surface area is 123 Å². The van der Waals surface area contributed by atoms with Gasteiger partial charge in [-0.25, -0.2) is 0 Å². The lowest BCUT2D eigenvalue weighted by molar-refractivity contribution is -0.385. The van der Waals surface area contributed by atoms with E-state index >= 15 is 0 Å². The molecule has 0 aliphatic rings. The Morgan fingerprint density at radius 1 is 1.05 bits per heavy atom. The van der Waals surface area contributed by atoms with Crippen LogP contribution in [0.5, 0.6) is 0 Å². The second-order valence-corrected chi connectivity index (χ2v) is 4.79. The lowest BCUT2D eigenvalue weighted by Gasteiger charge is -2.06. The van der Waals surface area contributed by atoms with E-state index < -0.39 is 0 Å². The number of para-hydroxylation sites is 1. The molecule has 0 atom stereocenters. The van der Waals surface area contributed by atoms with E-state index in [0.717, 1.165) is 16.7 Å². The summed E-state index contributed by atoms with van der Waals surface area (Å²) in [7, 11) is 0. The summed E-state index contributed by atoms with van der Waals surface area (Å²) in [5.74, 6) is 0. The molecule has 2 N–H and O–H groups in total. The summed E-state index contributed by atoms with van der Waals surface area (Å²) >= 11 is 0. The number of aliphatic hydroxyl groups excluding tert-OH is 1. The number of benzene rings is 2. The quantitative estimate of drug-likeness (QED) is 0.465. The maximum atomic E-state index is 10.9. The highest BCUT2D eigenvalue weighted by Gasteiger charge is 2.11. The number of nitrogens with one attached hydrogen (secondary N) is 1. The van der Waals surface area contributed by atoms with Crippen molar-refractivity contribution in [2.75, 3.05) is 6.54 Å². The van der Waals surface area contributed by atoms with E-state index in [0.29, 0.717) is 19.5 Å². The van der Waals surface area contributed by atoms with Crippen molar-refractivity contribution in [2.24, 2.45) is 0 Å². The summed E-state index contributed by atoms with van der Waals surface area (Å²) < 4.78 is 0. The van der Waals surface area contributed by atoms with Gasteiger partial charge in [-0.3, -0.25) is 10.1 Å². The zero-order valence-corrected chi connectivity index (χ0v) is 11.7. The van der Waals surface area contributed by atoms with Gasteiger partial charge in [-0.2, -0.15) is 0 Å². The molecule has 21 heavy (non-hydrogen) atoms. The van der Waals surface area contributed by atoms with E-state index in [1.165, 1.54) is 6.07 Å². The third-order valence-corrected chi connectivity index (χ3v) is 3.29. The fraction of sp³-hybridized carbons (Fsp3) is 0.250. The maximum absolute atomic E-state index is 10.9. The average Bonchev–Trinajstić information content (AvgIpc) is 2.52. The van der Waals surface area contributed by atoms with Gasteiger partial charge in [0, 0.05) is 18.2 Å². The molecule has 2 aromatic rings. The Hall–Kier alpha value is -2.24. The zero-order chi connectivity index (χ0) is 15.1. The highest BCUT2D eigenvalue weighted by molar-refractivity contribution is 5.39. The minimum absolute atomic E-state index is 0.0470. The van der Waals surface area contributed by atoms with Crippen LogP contribution in [0.15, 0.2) is 48.5 Å². The molecule has 0 bridgehead atoms. The summed E-state index contributed by atoms with van der Waals surface area (Å²) in [5.41, 5.74) is 2.92. The van der Waals surface area contributed by atoms with Crippen molar-refractivity contribution in [2.45, 2.75) is 19.6 Å². The number of aliphatic hydroxyl groups is 1. The summed E-state index contributed by atoms with van der Waals surface area (Å²) in [6.45, 7) is 1.42. The van der Waals surface area contributed by atoms with E-state index in [2.05, 4.69) is 5.32 Å². The van der Waals surface area contributed by atoms with Crippen molar-refractivity contribution in [3.05, 3.63) is 75.3 Å². The average molecular weight is 286 g/mol. The normalized spacial score (nSPS) is 10.5. The SMILES string of the molecule is O=[N+]([O-])c1ccccc1CCNCc1ccc(CO)cc1. The molecule has 5 nitrogen and oxygen atoms in total. The standard InChI is InChI=1S/C16H18N2O3/c19-12-14-7-5-13(6-8-14)11-17-10-9-15-3-1-2-4-16(15)18(20)21/h1-8,17,19H,9-12H2. The van der Waals surface area contributed by atoms with Crippen LogP contribution < -0.4 is 5.32 Å². The van der Waals surface area contributed by atoms with Crippen molar-refractivity contribution < 1.29 is 10.0 Å². The first kappa shape index (κ1) is 15.2. The van der Waals surface area contributed by atoms with Gasteiger partial charge < -0.3 is 10.4 Å². The topological polar surface area (TPSA) is 75.4 Å². The molecule has 0 amide bonds. The van der Waals surface area contributed by atoms with E-state index in [-0.39, 0.29) is 17.2 Å². The van der Waals surface area contributed by atoms with Crippen molar-refractivity contribution >= 4 is 5.69 Å². The fourth-order valence-corrected chi connectivity index (χ4v) is 2.12. The second kappa shape index (κ2) is 7.52. The first-order valence-corrected chi connectivity index (χ1v) is 6.82. The van der Waals surface area contributed by atoms with Crippen molar-refractivity contribution in [3.8, 4) is 0 Å². The van der Waals surface area contributed by atoms with Crippen LogP contribution >= 0.6 is 0 Å². The number of nitrogens with zero attached hydrogens (tertiary/aromatic N) is 1. The van der Waals surface area contributed by atoms with E-state index in [4.69, 9.17) is 5.11 Å².